The molecule has 41 heavy (non-hydrogen) atoms. The predicted molar refractivity (Wildman–Crippen MR) is 162 cm³/mol. The summed E-state index contributed by atoms with van der Waals surface area (Å²) in [6.45, 7) is 9.83. The van der Waals surface area contributed by atoms with E-state index >= 15 is 0 Å². The summed E-state index contributed by atoms with van der Waals surface area (Å²) in [6.07, 6.45) is 15.3. The second-order valence-corrected chi connectivity index (χ2v) is 15.7. The van der Waals surface area contributed by atoms with Crippen molar-refractivity contribution in [2.45, 2.75) is 129 Å². The van der Waals surface area contributed by atoms with Gasteiger partial charge in [0, 0.05) is 0 Å². The lowest BCUT2D eigenvalue weighted by Crippen LogP contribution is -2.56. The molecule has 5 aliphatic rings. The predicted octanol–water partition coefficient (Wildman–Crippen LogP) is 8.73. The zero-order chi connectivity index (χ0) is 29.0. The van der Waals surface area contributed by atoms with Crippen LogP contribution >= 0.6 is 0 Å². The van der Waals surface area contributed by atoms with Gasteiger partial charge in [-0.3, -0.25) is 0 Å². The van der Waals surface area contributed by atoms with Crippen molar-refractivity contribution in [3.05, 3.63) is 35.9 Å². The van der Waals surface area contributed by atoms with Crippen LogP contribution in [0.25, 0.3) is 0 Å². The molecule has 0 saturated heterocycles. The van der Waals surface area contributed by atoms with Crippen LogP contribution in [0.4, 0.5) is 0 Å². The monoisotopic (exact) mass is 559 g/mol. The van der Waals surface area contributed by atoms with Crippen LogP contribution in [0, 0.1) is 63.1 Å². The standard InChI is InChI=1S/C37H53NO3/c1-5-37(40)22-19-34(3)27(23-37)12-13-28-30-15-14-29(35(30,4)18-17-31(28)34)25(2)11-16-32(36(24-38)20-21-36)41-33(39)26-9-7-6-8-10-26/h6-10,25,27-32,40H,5,11-23H2,1-4H3/t25-,27+,28+,29-,30+,31+,32-,34+,35-,37+/m1/s1. The molecule has 5 aliphatic carbocycles. The van der Waals surface area contributed by atoms with E-state index in [9.17, 15) is 15.2 Å². The topological polar surface area (TPSA) is 70.3 Å². The summed E-state index contributed by atoms with van der Waals surface area (Å²) in [5.74, 6) is 4.15. The average Bonchev–Trinajstić information content (AvgIpc) is 3.70. The second-order valence-electron chi connectivity index (χ2n) is 15.7. The number of rotatable bonds is 8. The fourth-order valence-electron chi connectivity index (χ4n) is 11.1. The number of ether oxygens (including phenoxy) is 1. The summed E-state index contributed by atoms with van der Waals surface area (Å²) in [4.78, 5) is 13.0. The van der Waals surface area contributed by atoms with Crippen molar-refractivity contribution in [2.75, 3.05) is 0 Å². The van der Waals surface area contributed by atoms with Gasteiger partial charge in [0.25, 0.3) is 0 Å². The first-order chi connectivity index (χ1) is 19.6. The average molecular weight is 560 g/mol. The summed E-state index contributed by atoms with van der Waals surface area (Å²) < 4.78 is 6.08. The number of nitrogens with zero attached hydrogens (tertiary/aromatic N) is 1. The Morgan fingerprint density at radius 1 is 0.976 bits per heavy atom. The maximum Gasteiger partial charge on any atom is 0.338 e. The lowest BCUT2D eigenvalue weighted by molar-refractivity contribution is -0.152. The molecule has 0 heterocycles. The van der Waals surface area contributed by atoms with Gasteiger partial charge in [0.05, 0.1) is 22.6 Å². The molecule has 0 bridgehead atoms. The van der Waals surface area contributed by atoms with Crippen molar-refractivity contribution in [1.29, 1.82) is 5.26 Å². The minimum absolute atomic E-state index is 0.292. The first-order valence-electron chi connectivity index (χ1n) is 17.0. The van der Waals surface area contributed by atoms with E-state index in [1.807, 2.05) is 18.2 Å². The Balaban J connectivity index is 1.12. The van der Waals surface area contributed by atoms with Gasteiger partial charge in [-0.15, -0.1) is 0 Å². The Bertz CT molecular complexity index is 1150. The van der Waals surface area contributed by atoms with Crippen LogP contribution in [0.1, 0.15) is 128 Å². The van der Waals surface area contributed by atoms with Crippen molar-refractivity contribution < 1.29 is 14.6 Å². The molecular weight excluding hydrogens is 506 g/mol. The highest BCUT2D eigenvalue weighted by Crippen LogP contribution is 2.69. The molecule has 4 nitrogen and oxygen atoms in total. The zero-order valence-electron chi connectivity index (χ0n) is 26.0. The van der Waals surface area contributed by atoms with Gasteiger partial charge in [0.15, 0.2) is 0 Å². The quantitative estimate of drug-likeness (QED) is 0.323. The molecule has 0 radical (unpaired) electrons. The first-order valence-corrected chi connectivity index (χ1v) is 17.0. The fourth-order valence-corrected chi connectivity index (χ4v) is 11.1. The molecule has 4 heteroatoms. The largest absolute Gasteiger partial charge is 0.457 e. The molecule has 6 rings (SSSR count). The third-order valence-corrected chi connectivity index (χ3v) is 14.0. The summed E-state index contributed by atoms with van der Waals surface area (Å²) in [7, 11) is 0. The molecule has 0 unspecified atom stereocenters. The highest BCUT2D eigenvalue weighted by atomic mass is 16.5. The number of aliphatic hydroxyl groups is 1. The van der Waals surface area contributed by atoms with Crippen molar-refractivity contribution in [3.8, 4) is 6.07 Å². The van der Waals surface area contributed by atoms with Gasteiger partial charge in [-0.1, -0.05) is 45.9 Å². The molecule has 10 atom stereocenters. The van der Waals surface area contributed by atoms with Crippen LogP contribution in [0.15, 0.2) is 30.3 Å². The lowest BCUT2D eigenvalue weighted by Gasteiger charge is -2.62. The van der Waals surface area contributed by atoms with Crippen LogP contribution in [-0.4, -0.2) is 22.8 Å². The van der Waals surface area contributed by atoms with Gasteiger partial charge in [0.2, 0.25) is 0 Å². The third kappa shape index (κ3) is 4.97. The first kappa shape index (κ1) is 29.2. The smallest absolute Gasteiger partial charge is 0.338 e. The van der Waals surface area contributed by atoms with Crippen LogP contribution in [-0.2, 0) is 4.74 Å². The molecule has 0 aromatic heterocycles. The number of fused-ring (bicyclic) bond motifs is 5. The molecule has 1 aromatic carbocycles. The zero-order valence-corrected chi connectivity index (χ0v) is 26.0. The van der Waals surface area contributed by atoms with E-state index in [0.717, 1.165) is 62.7 Å². The van der Waals surface area contributed by atoms with E-state index in [1.54, 1.807) is 12.1 Å². The van der Waals surface area contributed by atoms with Crippen molar-refractivity contribution >= 4 is 5.97 Å². The minimum atomic E-state index is -0.484. The van der Waals surface area contributed by atoms with E-state index in [0.29, 0.717) is 34.1 Å². The van der Waals surface area contributed by atoms with Crippen LogP contribution in [0.3, 0.4) is 0 Å². The second kappa shape index (κ2) is 10.7. The van der Waals surface area contributed by atoms with E-state index < -0.39 is 11.0 Å². The van der Waals surface area contributed by atoms with Gasteiger partial charge in [-0.2, -0.15) is 5.26 Å². The maximum absolute atomic E-state index is 13.0. The number of carbonyl (C=O) groups is 1. The van der Waals surface area contributed by atoms with Crippen molar-refractivity contribution in [1.82, 2.24) is 0 Å². The summed E-state index contributed by atoms with van der Waals surface area (Å²) in [6, 6.07) is 11.8. The summed E-state index contributed by atoms with van der Waals surface area (Å²) in [5.41, 5.74) is 0.462. The minimum Gasteiger partial charge on any atom is -0.457 e. The van der Waals surface area contributed by atoms with E-state index in [1.165, 1.54) is 44.9 Å². The summed E-state index contributed by atoms with van der Waals surface area (Å²) in [5, 5.41) is 21.1. The van der Waals surface area contributed by atoms with E-state index in [2.05, 4.69) is 33.8 Å². The summed E-state index contributed by atoms with van der Waals surface area (Å²) >= 11 is 0. The fraction of sp³-hybridized carbons (Fsp3) is 0.784. The molecule has 224 valence electrons. The van der Waals surface area contributed by atoms with E-state index in [4.69, 9.17) is 4.74 Å². The highest BCUT2D eigenvalue weighted by Gasteiger charge is 2.61. The van der Waals surface area contributed by atoms with Gasteiger partial charge in [-0.05, 0) is 148 Å². The molecular formula is C37H53NO3. The SMILES string of the molecule is CC[C@]1(O)CC[C@@]2(C)[C@@H](CC[C@@H]3[C@@H]2CC[C@]2(C)[C@@H]([C@H](C)CC[C@@H](OC(=O)c4ccccc4)C4(C#N)CC4)CC[C@@H]32)C1. The molecule has 0 amide bonds. The van der Waals surface area contributed by atoms with Gasteiger partial charge in [0.1, 0.15) is 6.10 Å². The Hall–Kier alpha value is -1.86. The van der Waals surface area contributed by atoms with Gasteiger partial charge < -0.3 is 9.84 Å². The number of carbonyl (C=O) groups excluding carboxylic acids is 1. The van der Waals surface area contributed by atoms with Crippen LogP contribution in [0.2, 0.25) is 0 Å². The molecule has 1 aromatic rings. The lowest BCUT2D eigenvalue weighted by atomic mass is 9.43. The number of benzene rings is 1. The Kier molecular flexibility index (Phi) is 7.62. The van der Waals surface area contributed by atoms with Gasteiger partial charge in [-0.25, -0.2) is 4.79 Å². The maximum atomic E-state index is 13.0. The van der Waals surface area contributed by atoms with Crippen LogP contribution in [0.5, 0.6) is 0 Å². The molecule has 0 aliphatic heterocycles. The van der Waals surface area contributed by atoms with Crippen molar-refractivity contribution in [2.24, 2.45) is 51.8 Å². The Morgan fingerprint density at radius 3 is 2.39 bits per heavy atom. The number of hydrogen-bond donors (Lipinski definition) is 1. The molecule has 1 N–H and O–H groups in total. The highest BCUT2D eigenvalue weighted by molar-refractivity contribution is 5.89. The number of hydrogen-bond acceptors (Lipinski definition) is 4. The van der Waals surface area contributed by atoms with Crippen molar-refractivity contribution in [3.63, 3.8) is 0 Å². The number of esters is 1. The third-order valence-electron chi connectivity index (χ3n) is 14.0. The molecule has 5 fully saturated rings. The Labute approximate surface area is 248 Å². The normalized spacial score (nSPS) is 42.1. The van der Waals surface area contributed by atoms with Crippen LogP contribution < -0.4 is 0 Å². The number of nitriles is 1. The Morgan fingerprint density at radius 2 is 1.71 bits per heavy atom. The van der Waals surface area contributed by atoms with Gasteiger partial charge >= 0.3 is 5.97 Å². The van der Waals surface area contributed by atoms with E-state index in [-0.39, 0.29) is 12.1 Å². The molecule has 0 spiro atoms. The molecule has 5 saturated carbocycles.